The van der Waals surface area contributed by atoms with E-state index in [4.69, 9.17) is 5.26 Å². The fraction of sp³-hybridized carbons (Fsp3) is 0.467. The van der Waals surface area contributed by atoms with Gasteiger partial charge >= 0.3 is 6.18 Å². The monoisotopic (exact) mass is 390 g/mol. The molecule has 0 spiro atoms. The number of carbonyl (C=O) groups excluding carboxylic acids is 1. The van der Waals surface area contributed by atoms with Gasteiger partial charge in [0.05, 0.1) is 17.0 Å². The Hall–Kier alpha value is -2.16. The standard InChI is InChI=1S/C15H17F3N4O3S/c16-15(17,18)11-20-14(23)10-21-5-7-22(8-6-21)26(24,25)13-4-2-1-3-12(13)9-19/h1-4H,5-8,10-11H2,(H,20,23). The highest BCUT2D eigenvalue weighted by molar-refractivity contribution is 7.89. The fourth-order valence-electron chi connectivity index (χ4n) is 2.51. The molecule has 0 aliphatic carbocycles. The first-order valence-electron chi connectivity index (χ1n) is 7.68. The third-order valence-corrected chi connectivity index (χ3v) is 5.77. The van der Waals surface area contributed by atoms with Crippen molar-refractivity contribution in [3.8, 4) is 6.07 Å². The maximum Gasteiger partial charge on any atom is 0.405 e. The Morgan fingerprint density at radius 1 is 1.19 bits per heavy atom. The lowest BCUT2D eigenvalue weighted by Gasteiger charge is -2.33. The molecule has 0 unspecified atom stereocenters. The van der Waals surface area contributed by atoms with Gasteiger partial charge in [0.2, 0.25) is 15.9 Å². The molecule has 1 amide bonds. The number of hydrogen-bond donors (Lipinski definition) is 1. The SMILES string of the molecule is N#Cc1ccccc1S(=O)(=O)N1CCN(CC(=O)NCC(F)(F)F)CC1. The Kier molecular flexibility index (Phi) is 6.22. The molecule has 1 N–H and O–H groups in total. The van der Waals surface area contributed by atoms with Crippen LogP contribution in [-0.4, -0.2) is 69.0 Å². The van der Waals surface area contributed by atoms with Gasteiger partial charge in [-0.05, 0) is 12.1 Å². The Morgan fingerprint density at radius 2 is 1.81 bits per heavy atom. The highest BCUT2D eigenvalue weighted by Crippen LogP contribution is 2.21. The Labute approximate surface area is 149 Å². The zero-order chi connectivity index (χ0) is 19.4. The second kappa shape index (κ2) is 8.03. The van der Waals surface area contributed by atoms with Gasteiger partial charge in [-0.15, -0.1) is 0 Å². The molecule has 26 heavy (non-hydrogen) atoms. The van der Waals surface area contributed by atoms with Crippen LogP contribution in [0.2, 0.25) is 0 Å². The van der Waals surface area contributed by atoms with E-state index in [1.807, 2.05) is 6.07 Å². The predicted molar refractivity (Wildman–Crippen MR) is 85.4 cm³/mol. The van der Waals surface area contributed by atoms with Crippen LogP contribution in [-0.2, 0) is 14.8 Å². The summed E-state index contributed by atoms with van der Waals surface area (Å²) in [5.41, 5.74) is 0.0430. The number of halogens is 3. The minimum Gasteiger partial charge on any atom is -0.346 e. The molecule has 1 aromatic carbocycles. The van der Waals surface area contributed by atoms with Crippen LogP contribution >= 0.6 is 0 Å². The second-order valence-electron chi connectivity index (χ2n) is 5.68. The van der Waals surface area contributed by atoms with E-state index in [1.165, 1.54) is 22.5 Å². The molecule has 1 aromatic rings. The van der Waals surface area contributed by atoms with Gasteiger partial charge < -0.3 is 5.32 Å². The van der Waals surface area contributed by atoms with Crippen LogP contribution < -0.4 is 5.32 Å². The summed E-state index contributed by atoms with van der Waals surface area (Å²) in [4.78, 5) is 13.0. The summed E-state index contributed by atoms with van der Waals surface area (Å²) in [6, 6.07) is 7.69. The van der Waals surface area contributed by atoms with Crippen molar-refractivity contribution < 1.29 is 26.4 Å². The number of amides is 1. The predicted octanol–water partition coefficient (Wildman–Crippen LogP) is 0.543. The first-order valence-corrected chi connectivity index (χ1v) is 9.12. The van der Waals surface area contributed by atoms with Crippen molar-refractivity contribution in [3.63, 3.8) is 0 Å². The van der Waals surface area contributed by atoms with E-state index in [-0.39, 0.29) is 43.2 Å². The number of hydrogen-bond acceptors (Lipinski definition) is 5. The zero-order valence-electron chi connectivity index (χ0n) is 13.7. The quantitative estimate of drug-likeness (QED) is 0.792. The summed E-state index contributed by atoms with van der Waals surface area (Å²) >= 11 is 0. The molecule has 11 heteroatoms. The zero-order valence-corrected chi connectivity index (χ0v) is 14.5. The third-order valence-electron chi connectivity index (χ3n) is 3.81. The molecule has 1 heterocycles. The third kappa shape index (κ3) is 5.17. The summed E-state index contributed by atoms with van der Waals surface area (Å²) in [6.07, 6.45) is -4.48. The number of nitrogens with zero attached hydrogens (tertiary/aromatic N) is 3. The van der Waals surface area contributed by atoms with Gasteiger partial charge in [0, 0.05) is 26.2 Å². The maximum atomic E-state index is 12.7. The van der Waals surface area contributed by atoms with E-state index in [2.05, 4.69) is 0 Å². The van der Waals surface area contributed by atoms with E-state index in [0.717, 1.165) is 0 Å². The van der Waals surface area contributed by atoms with Crippen LogP contribution in [0.3, 0.4) is 0 Å². The summed E-state index contributed by atoms with van der Waals surface area (Å²) < 4.78 is 62.7. The lowest BCUT2D eigenvalue weighted by atomic mass is 10.2. The lowest BCUT2D eigenvalue weighted by Crippen LogP contribution is -2.51. The molecule has 1 saturated heterocycles. The number of sulfonamides is 1. The molecule has 0 bridgehead atoms. The molecular weight excluding hydrogens is 373 g/mol. The van der Waals surface area contributed by atoms with Gasteiger partial charge in [-0.25, -0.2) is 8.42 Å². The molecule has 1 fully saturated rings. The highest BCUT2D eigenvalue weighted by atomic mass is 32.2. The summed E-state index contributed by atoms with van der Waals surface area (Å²) in [5.74, 6) is -0.770. The molecular formula is C15H17F3N4O3S. The molecule has 0 aromatic heterocycles. The van der Waals surface area contributed by atoms with Crippen molar-refractivity contribution >= 4 is 15.9 Å². The van der Waals surface area contributed by atoms with Crippen molar-refractivity contribution in [1.82, 2.24) is 14.5 Å². The van der Waals surface area contributed by atoms with Gasteiger partial charge in [0.25, 0.3) is 0 Å². The minimum atomic E-state index is -4.48. The van der Waals surface area contributed by atoms with Gasteiger partial charge in [-0.3, -0.25) is 9.69 Å². The molecule has 1 aliphatic rings. The van der Waals surface area contributed by atoms with Crippen LogP contribution in [0.25, 0.3) is 0 Å². The molecule has 1 aliphatic heterocycles. The van der Waals surface area contributed by atoms with Crippen LogP contribution in [0.1, 0.15) is 5.56 Å². The van der Waals surface area contributed by atoms with Crippen molar-refractivity contribution in [2.75, 3.05) is 39.3 Å². The van der Waals surface area contributed by atoms with Crippen molar-refractivity contribution in [3.05, 3.63) is 29.8 Å². The minimum absolute atomic E-state index is 0.0430. The van der Waals surface area contributed by atoms with Crippen molar-refractivity contribution in [2.24, 2.45) is 0 Å². The first kappa shape index (κ1) is 20.2. The van der Waals surface area contributed by atoms with E-state index in [0.29, 0.717) is 0 Å². The first-order chi connectivity index (χ1) is 12.1. The van der Waals surface area contributed by atoms with E-state index < -0.39 is 28.7 Å². The lowest BCUT2D eigenvalue weighted by molar-refractivity contribution is -0.139. The van der Waals surface area contributed by atoms with Crippen LogP contribution in [0.4, 0.5) is 13.2 Å². The summed E-state index contributed by atoms with van der Waals surface area (Å²) in [5, 5.41) is 10.8. The molecule has 2 rings (SSSR count). The number of nitrogens with one attached hydrogen (secondary N) is 1. The van der Waals surface area contributed by atoms with Crippen LogP contribution in [0.5, 0.6) is 0 Å². The van der Waals surface area contributed by atoms with Crippen molar-refractivity contribution in [1.29, 1.82) is 5.26 Å². The normalized spacial score (nSPS) is 16.8. The van der Waals surface area contributed by atoms with Crippen molar-refractivity contribution in [2.45, 2.75) is 11.1 Å². The number of benzene rings is 1. The van der Waals surface area contributed by atoms with E-state index in [1.54, 1.807) is 16.3 Å². The van der Waals surface area contributed by atoms with Gasteiger partial charge in [-0.1, -0.05) is 12.1 Å². The number of piperazine rings is 1. The summed E-state index contributed by atoms with van der Waals surface area (Å²) in [6.45, 7) is -1.08. The Bertz CT molecular complexity index is 797. The largest absolute Gasteiger partial charge is 0.405 e. The van der Waals surface area contributed by atoms with E-state index >= 15 is 0 Å². The Balaban J connectivity index is 1.94. The Morgan fingerprint density at radius 3 is 2.38 bits per heavy atom. The number of rotatable bonds is 5. The van der Waals surface area contributed by atoms with Gasteiger partial charge in [0.15, 0.2) is 0 Å². The van der Waals surface area contributed by atoms with Gasteiger partial charge in [-0.2, -0.15) is 22.7 Å². The van der Waals surface area contributed by atoms with Crippen LogP contribution in [0, 0.1) is 11.3 Å². The number of carbonyl (C=O) groups is 1. The molecule has 7 nitrogen and oxygen atoms in total. The average molecular weight is 390 g/mol. The summed E-state index contributed by atoms with van der Waals surface area (Å²) in [7, 11) is -3.85. The molecule has 142 valence electrons. The number of nitriles is 1. The number of alkyl halides is 3. The van der Waals surface area contributed by atoms with Gasteiger partial charge in [0.1, 0.15) is 12.6 Å². The second-order valence-corrected chi connectivity index (χ2v) is 7.59. The average Bonchev–Trinajstić information content (AvgIpc) is 2.60. The topological polar surface area (TPSA) is 93.5 Å². The van der Waals surface area contributed by atoms with E-state index in [9.17, 15) is 26.4 Å². The maximum absolute atomic E-state index is 12.7. The molecule has 0 atom stereocenters. The fourth-order valence-corrected chi connectivity index (χ4v) is 4.07. The highest BCUT2D eigenvalue weighted by Gasteiger charge is 2.31. The molecule has 0 saturated carbocycles. The van der Waals surface area contributed by atoms with Crippen LogP contribution in [0.15, 0.2) is 29.2 Å². The smallest absolute Gasteiger partial charge is 0.346 e. The molecule has 0 radical (unpaired) electrons.